The molecule has 0 aromatic heterocycles. The molecule has 2 N–H and O–H groups in total. The number of benzene rings is 4. The van der Waals surface area contributed by atoms with E-state index in [0.29, 0.717) is 34.4 Å². The van der Waals surface area contributed by atoms with Gasteiger partial charge in [0.2, 0.25) is 5.91 Å². The van der Waals surface area contributed by atoms with Gasteiger partial charge in [-0.25, -0.2) is 0 Å². The molecule has 4 aromatic carbocycles. The number of ether oxygens (including phenoxy) is 1. The molecule has 1 heterocycles. The summed E-state index contributed by atoms with van der Waals surface area (Å²) in [6.45, 7) is 0.168. The monoisotopic (exact) mass is 560 g/mol. The summed E-state index contributed by atoms with van der Waals surface area (Å²) in [6.07, 6.45) is -4.82. The number of halogens is 3. The van der Waals surface area contributed by atoms with E-state index in [0.717, 1.165) is 5.56 Å². The Kier molecular flexibility index (Phi) is 8.07. The minimum Gasteiger partial charge on any atom is -0.406 e. The smallest absolute Gasteiger partial charge is 0.406 e. The van der Waals surface area contributed by atoms with E-state index in [9.17, 15) is 27.9 Å². The molecule has 0 radical (unpaired) electrons. The van der Waals surface area contributed by atoms with Crippen LogP contribution in [-0.4, -0.2) is 28.2 Å². The molecule has 0 spiro atoms. The quantitative estimate of drug-likeness (QED) is 0.282. The van der Waals surface area contributed by atoms with Crippen LogP contribution in [0, 0.1) is 0 Å². The first-order chi connectivity index (χ1) is 19.7. The molecule has 0 unspecified atom stereocenters. The maximum Gasteiger partial charge on any atom is 0.573 e. The molecule has 0 saturated heterocycles. The zero-order valence-corrected chi connectivity index (χ0v) is 21.8. The van der Waals surface area contributed by atoms with Crippen molar-refractivity contribution in [3.63, 3.8) is 0 Å². The topological polar surface area (TPSA) is 78.9 Å². The number of carbonyl (C=O) groups is 2. The molecule has 4 aromatic rings. The molecule has 0 aliphatic carbocycles. The first kappa shape index (κ1) is 27.9. The number of fused-ring (bicyclic) bond motifs is 1. The number of hydrogen-bond acceptors (Lipinski definition) is 4. The SMILES string of the molecule is O=C(NCc1ccccc1)[C@@H]1c2ccccc2C(=O)N(Cc2ccc(OC(F)(F)F)cc2)[C@H]1c1ccc(CO)cc1. The predicted octanol–water partition coefficient (Wildman–Crippen LogP) is 5.87. The van der Waals surface area contributed by atoms with Gasteiger partial charge in [0, 0.05) is 18.7 Å². The zero-order valence-electron chi connectivity index (χ0n) is 21.8. The Bertz CT molecular complexity index is 1510. The van der Waals surface area contributed by atoms with Gasteiger partial charge in [-0.15, -0.1) is 13.2 Å². The Morgan fingerprint density at radius 2 is 1.46 bits per heavy atom. The van der Waals surface area contributed by atoms with Gasteiger partial charge in [-0.05, 0) is 46.0 Å². The van der Waals surface area contributed by atoms with E-state index in [1.807, 2.05) is 30.3 Å². The number of nitrogens with one attached hydrogen (secondary N) is 1. The Hall–Kier alpha value is -4.63. The summed E-state index contributed by atoms with van der Waals surface area (Å²) < 4.78 is 42.0. The van der Waals surface area contributed by atoms with E-state index < -0.39 is 18.3 Å². The van der Waals surface area contributed by atoms with E-state index in [-0.39, 0.29) is 30.7 Å². The average Bonchev–Trinajstić information content (AvgIpc) is 2.98. The van der Waals surface area contributed by atoms with Gasteiger partial charge in [-0.3, -0.25) is 9.59 Å². The van der Waals surface area contributed by atoms with Crippen molar-refractivity contribution in [3.05, 3.63) is 137 Å². The van der Waals surface area contributed by atoms with Crippen LogP contribution in [0.25, 0.3) is 0 Å². The van der Waals surface area contributed by atoms with E-state index in [1.165, 1.54) is 24.3 Å². The summed E-state index contributed by atoms with van der Waals surface area (Å²) in [5.41, 5.74) is 3.81. The third-order valence-electron chi connectivity index (χ3n) is 7.04. The minimum absolute atomic E-state index is 0.0361. The van der Waals surface area contributed by atoms with Crippen LogP contribution in [0.4, 0.5) is 13.2 Å². The fraction of sp³-hybridized carbons (Fsp3) is 0.188. The fourth-order valence-electron chi connectivity index (χ4n) is 5.13. The first-order valence-corrected chi connectivity index (χ1v) is 13.0. The number of amides is 2. The average molecular weight is 561 g/mol. The summed E-state index contributed by atoms with van der Waals surface area (Å²) in [7, 11) is 0. The second kappa shape index (κ2) is 11.9. The van der Waals surface area contributed by atoms with Gasteiger partial charge in [-0.2, -0.15) is 0 Å². The van der Waals surface area contributed by atoms with Crippen LogP contribution in [0.2, 0.25) is 0 Å². The summed E-state index contributed by atoms with van der Waals surface area (Å²) in [4.78, 5) is 29.4. The number of rotatable bonds is 8. The van der Waals surface area contributed by atoms with Gasteiger partial charge >= 0.3 is 6.36 Å². The number of carbonyl (C=O) groups excluding carboxylic acids is 2. The Labute approximate surface area is 235 Å². The highest BCUT2D eigenvalue weighted by molar-refractivity contribution is 6.01. The standard InChI is InChI=1S/C32H27F3N2O4/c33-32(34,35)41-25-16-12-22(13-17-25)19-37-29(24-14-10-23(20-38)11-15-24)28(26-8-4-5-9-27(26)31(37)40)30(39)36-18-21-6-2-1-3-7-21/h1-17,28-29,38H,18-20H2,(H,36,39)/t28-,29+/m1/s1. The molecule has 1 aliphatic rings. The maximum atomic E-state index is 13.9. The van der Waals surface area contributed by atoms with Gasteiger partial charge in [0.25, 0.3) is 5.91 Å². The number of nitrogens with zero attached hydrogens (tertiary/aromatic N) is 1. The summed E-state index contributed by atoms with van der Waals surface area (Å²) in [5.74, 6) is -1.73. The van der Waals surface area contributed by atoms with Crippen LogP contribution in [0.15, 0.2) is 103 Å². The number of aliphatic hydroxyl groups is 1. The lowest BCUT2D eigenvalue weighted by atomic mass is 9.78. The largest absolute Gasteiger partial charge is 0.573 e. The molecule has 41 heavy (non-hydrogen) atoms. The normalized spacial score (nSPS) is 16.7. The van der Waals surface area contributed by atoms with Crippen LogP contribution in [-0.2, 0) is 24.5 Å². The minimum atomic E-state index is -4.82. The van der Waals surface area contributed by atoms with E-state index in [4.69, 9.17) is 0 Å². The van der Waals surface area contributed by atoms with Crippen molar-refractivity contribution in [2.24, 2.45) is 0 Å². The molecule has 5 rings (SSSR count). The molecule has 1 aliphatic heterocycles. The van der Waals surface area contributed by atoms with Crippen LogP contribution in [0.3, 0.4) is 0 Å². The van der Waals surface area contributed by atoms with Gasteiger partial charge in [0.15, 0.2) is 0 Å². The van der Waals surface area contributed by atoms with Crippen LogP contribution >= 0.6 is 0 Å². The molecule has 2 atom stereocenters. The van der Waals surface area contributed by atoms with Crippen LogP contribution < -0.4 is 10.1 Å². The molecule has 6 nitrogen and oxygen atoms in total. The number of aliphatic hydroxyl groups excluding tert-OH is 1. The molecule has 210 valence electrons. The molecule has 2 amide bonds. The number of alkyl halides is 3. The first-order valence-electron chi connectivity index (χ1n) is 13.0. The lowest BCUT2D eigenvalue weighted by molar-refractivity contribution is -0.274. The second-order valence-electron chi connectivity index (χ2n) is 9.74. The van der Waals surface area contributed by atoms with Crippen molar-refractivity contribution in [2.45, 2.75) is 38.0 Å². The molecule has 9 heteroatoms. The Morgan fingerprint density at radius 3 is 2.12 bits per heavy atom. The zero-order chi connectivity index (χ0) is 29.0. The van der Waals surface area contributed by atoms with Crippen molar-refractivity contribution in [1.29, 1.82) is 0 Å². The highest BCUT2D eigenvalue weighted by Crippen LogP contribution is 2.44. The molecule has 0 bridgehead atoms. The summed E-state index contributed by atoms with van der Waals surface area (Å²) in [6, 6.07) is 28.0. The molecular formula is C32H27F3N2O4. The van der Waals surface area contributed by atoms with Gasteiger partial charge in [0.05, 0.1) is 18.6 Å². The Balaban J connectivity index is 1.54. The maximum absolute atomic E-state index is 13.9. The van der Waals surface area contributed by atoms with Crippen LogP contribution in [0.5, 0.6) is 5.75 Å². The highest BCUT2D eigenvalue weighted by atomic mass is 19.4. The van der Waals surface area contributed by atoms with Gasteiger partial charge in [-0.1, -0.05) is 84.9 Å². The van der Waals surface area contributed by atoms with Gasteiger partial charge < -0.3 is 20.1 Å². The van der Waals surface area contributed by atoms with Gasteiger partial charge in [0.1, 0.15) is 5.75 Å². The molecular weight excluding hydrogens is 533 g/mol. The predicted molar refractivity (Wildman–Crippen MR) is 146 cm³/mol. The summed E-state index contributed by atoms with van der Waals surface area (Å²) >= 11 is 0. The highest BCUT2D eigenvalue weighted by Gasteiger charge is 2.44. The lowest BCUT2D eigenvalue weighted by Crippen LogP contribution is -2.47. The van der Waals surface area contributed by atoms with Crippen molar-refractivity contribution in [1.82, 2.24) is 10.2 Å². The summed E-state index contributed by atoms with van der Waals surface area (Å²) in [5, 5.41) is 12.6. The number of hydrogen-bond donors (Lipinski definition) is 2. The lowest BCUT2D eigenvalue weighted by Gasteiger charge is -2.42. The van der Waals surface area contributed by atoms with E-state index in [2.05, 4.69) is 10.1 Å². The Morgan fingerprint density at radius 1 is 0.829 bits per heavy atom. The van der Waals surface area contributed by atoms with Crippen LogP contribution in [0.1, 0.15) is 50.1 Å². The fourth-order valence-corrected chi connectivity index (χ4v) is 5.13. The third kappa shape index (κ3) is 6.41. The molecule has 0 fully saturated rings. The molecule has 0 saturated carbocycles. The van der Waals surface area contributed by atoms with Crippen molar-refractivity contribution >= 4 is 11.8 Å². The van der Waals surface area contributed by atoms with Crippen molar-refractivity contribution in [2.75, 3.05) is 0 Å². The third-order valence-corrected chi connectivity index (χ3v) is 7.04. The van der Waals surface area contributed by atoms with E-state index in [1.54, 1.807) is 53.4 Å². The second-order valence-corrected chi connectivity index (χ2v) is 9.74. The van der Waals surface area contributed by atoms with Crippen molar-refractivity contribution in [3.8, 4) is 5.75 Å². The van der Waals surface area contributed by atoms with Crippen molar-refractivity contribution < 1.29 is 32.6 Å². The van der Waals surface area contributed by atoms with E-state index >= 15 is 0 Å².